The highest BCUT2D eigenvalue weighted by atomic mass is 35.5. The fraction of sp³-hybridized carbons (Fsp3) is 0.467. The van der Waals surface area contributed by atoms with E-state index in [1.807, 2.05) is 0 Å². The van der Waals surface area contributed by atoms with E-state index in [0.717, 1.165) is 25.9 Å². The summed E-state index contributed by atoms with van der Waals surface area (Å²) in [6.07, 6.45) is 3.27. The third-order valence-electron chi connectivity index (χ3n) is 3.58. The molecule has 0 aliphatic carbocycles. The van der Waals surface area contributed by atoms with Gasteiger partial charge in [-0.05, 0) is 37.5 Å². The number of primary amides is 1. The molecule has 1 aromatic carbocycles. The summed E-state index contributed by atoms with van der Waals surface area (Å²) in [7, 11) is 1.71. The second kappa shape index (κ2) is 7.47. The average molecular weight is 326 g/mol. The Kier molecular flexibility index (Phi) is 5.63. The first kappa shape index (κ1) is 16.6. The number of hydrogen-bond donors (Lipinski definition) is 2. The van der Waals surface area contributed by atoms with Crippen LogP contribution in [0.3, 0.4) is 0 Å². The number of nitrogens with one attached hydrogen (secondary N) is 1. The molecule has 0 bridgehead atoms. The summed E-state index contributed by atoms with van der Waals surface area (Å²) in [5.41, 5.74) is 5.92. The van der Waals surface area contributed by atoms with Crippen molar-refractivity contribution in [1.82, 2.24) is 4.90 Å². The van der Waals surface area contributed by atoms with Gasteiger partial charge in [0.2, 0.25) is 5.91 Å². The monoisotopic (exact) mass is 325 g/mol. The number of nitrogens with two attached hydrogens (primary N) is 1. The van der Waals surface area contributed by atoms with Gasteiger partial charge in [0.25, 0.3) is 0 Å². The van der Waals surface area contributed by atoms with E-state index in [4.69, 9.17) is 22.1 Å². The number of rotatable bonds is 4. The first-order valence-corrected chi connectivity index (χ1v) is 7.58. The largest absolute Gasteiger partial charge is 0.376 e. The fourth-order valence-corrected chi connectivity index (χ4v) is 2.63. The molecule has 0 spiro atoms. The summed E-state index contributed by atoms with van der Waals surface area (Å²) >= 11 is 5.96. The zero-order valence-corrected chi connectivity index (χ0v) is 13.2. The number of ether oxygens (including phenoxy) is 1. The van der Waals surface area contributed by atoms with Gasteiger partial charge in [-0.15, -0.1) is 0 Å². The molecule has 3 amide bonds. The molecule has 0 radical (unpaired) electrons. The number of carbonyl (C=O) groups is 2. The minimum absolute atomic E-state index is 0.0883. The zero-order chi connectivity index (χ0) is 16.1. The summed E-state index contributed by atoms with van der Waals surface area (Å²) < 4.78 is 5.62. The van der Waals surface area contributed by atoms with Crippen LogP contribution < -0.4 is 11.1 Å². The van der Waals surface area contributed by atoms with Crippen LogP contribution in [0.1, 0.15) is 29.6 Å². The van der Waals surface area contributed by atoms with E-state index in [-0.39, 0.29) is 22.7 Å². The van der Waals surface area contributed by atoms with Gasteiger partial charge < -0.3 is 20.7 Å². The van der Waals surface area contributed by atoms with Crippen molar-refractivity contribution >= 4 is 29.2 Å². The maximum Gasteiger partial charge on any atom is 0.321 e. The maximum atomic E-state index is 12.1. The van der Waals surface area contributed by atoms with Crippen LogP contribution in [0.25, 0.3) is 0 Å². The molecule has 1 aliphatic rings. The van der Waals surface area contributed by atoms with E-state index in [0.29, 0.717) is 12.2 Å². The van der Waals surface area contributed by atoms with Crippen LogP contribution in [0.4, 0.5) is 10.5 Å². The Hall–Kier alpha value is -1.79. The normalized spacial score (nSPS) is 17.8. The standard InChI is InChI=1S/C15H20ClN3O3/c1-19(9-11-4-2-3-7-22-11)15(21)18-10-5-6-12(14(17)20)13(16)8-10/h5-6,8,11H,2-4,7,9H2,1H3,(H2,17,20)(H,18,21). The number of nitrogens with zero attached hydrogens (tertiary/aromatic N) is 1. The quantitative estimate of drug-likeness (QED) is 0.891. The van der Waals surface area contributed by atoms with E-state index >= 15 is 0 Å². The smallest absolute Gasteiger partial charge is 0.321 e. The molecule has 22 heavy (non-hydrogen) atoms. The summed E-state index contributed by atoms with van der Waals surface area (Å²) in [6.45, 7) is 1.29. The van der Waals surface area contributed by atoms with Gasteiger partial charge in [-0.25, -0.2) is 4.79 Å². The second-order valence-electron chi connectivity index (χ2n) is 5.36. The van der Waals surface area contributed by atoms with Crippen molar-refractivity contribution < 1.29 is 14.3 Å². The van der Waals surface area contributed by atoms with Crippen LogP contribution in [0, 0.1) is 0 Å². The summed E-state index contributed by atoms with van der Waals surface area (Å²) in [4.78, 5) is 24.8. The minimum atomic E-state index is -0.602. The molecule has 0 saturated carbocycles. The number of benzene rings is 1. The first-order chi connectivity index (χ1) is 10.5. The first-order valence-electron chi connectivity index (χ1n) is 7.20. The molecule has 0 aromatic heterocycles. The SMILES string of the molecule is CN(CC1CCCCO1)C(=O)Nc1ccc(C(N)=O)c(Cl)c1. The molecule has 120 valence electrons. The highest BCUT2D eigenvalue weighted by Gasteiger charge is 2.19. The molecular weight excluding hydrogens is 306 g/mol. The lowest BCUT2D eigenvalue weighted by atomic mass is 10.1. The van der Waals surface area contributed by atoms with Gasteiger partial charge in [-0.3, -0.25) is 4.79 Å². The Bertz CT molecular complexity index is 559. The van der Waals surface area contributed by atoms with Crippen LogP contribution in [0.15, 0.2) is 18.2 Å². The van der Waals surface area contributed by atoms with Gasteiger partial charge in [-0.2, -0.15) is 0 Å². The van der Waals surface area contributed by atoms with Crippen molar-refractivity contribution in [2.75, 3.05) is 25.5 Å². The van der Waals surface area contributed by atoms with Crippen molar-refractivity contribution in [1.29, 1.82) is 0 Å². The Morgan fingerprint density at radius 3 is 2.82 bits per heavy atom. The predicted octanol–water partition coefficient (Wildman–Crippen LogP) is 2.47. The molecule has 1 aliphatic heterocycles. The Balaban J connectivity index is 1.93. The van der Waals surface area contributed by atoms with Crippen molar-refractivity contribution in [2.24, 2.45) is 5.73 Å². The molecule has 1 fully saturated rings. The predicted molar refractivity (Wildman–Crippen MR) is 85.2 cm³/mol. The number of amides is 3. The lowest BCUT2D eigenvalue weighted by Gasteiger charge is -2.27. The number of hydrogen-bond acceptors (Lipinski definition) is 3. The van der Waals surface area contributed by atoms with E-state index in [1.165, 1.54) is 12.1 Å². The molecular formula is C15H20ClN3O3. The minimum Gasteiger partial charge on any atom is -0.376 e. The maximum absolute atomic E-state index is 12.1. The van der Waals surface area contributed by atoms with Gasteiger partial charge >= 0.3 is 6.03 Å². The van der Waals surface area contributed by atoms with Crippen LogP contribution in [0.5, 0.6) is 0 Å². The lowest BCUT2D eigenvalue weighted by molar-refractivity contribution is 0.00463. The number of carbonyl (C=O) groups excluding carboxylic acids is 2. The Labute approximate surface area is 134 Å². The lowest BCUT2D eigenvalue weighted by Crippen LogP contribution is -2.39. The summed E-state index contributed by atoms with van der Waals surface area (Å²) in [5, 5.41) is 2.94. The molecule has 6 nitrogen and oxygen atoms in total. The molecule has 3 N–H and O–H groups in total. The van der Waals surface area contributed by atoms with Crippen LogP contribution in [-0.2, 0) is 4.74 Å². The van der Waals surface area contributed by atoms with Gasteiger partial charge in [0.05, 0.1) is 16.7 Å². The second-order valence-corrected chi connectivity index (χ2v) is 5.77. The molecule has 2 rings (SSSR count). The van der Waals surface area contributed by atoms with Gasteiger partial charge in [-0.1, -0.05) is 11.6 Å². The summed E-state index contributed by atoms with van der Waals surface area (Å²) in [5.74, 6) is -0.602. The highest BCUT2D eigenvalue weighted by Crippen LogP contribution is 2.21. The number of anilines is 1. The molecule has 1 heterocycles. The molecule has 1 saturated heterocycles. The van der Waals surface area contributed by atoms with Crippen LogP contribution >= 0.6 is 11.6 Å². The third kappa shape index (κ3) is 4.35. The average Bonchev–Trinajstić information content (AvgIpc) is 2.47. The van der Waals surface area contributed by atoms with E-state index in [1.54, 1.807) is 18.0 Å². The van der Waals surface area contributed by atoms with E-state index in [2.05, 4.69) is 5.32 Å². The molecule has 1 unspecified atom stereocenters. The highest BCUT2D eigenvalue weighted by molar-refractivity contribution is 6.34. The van der Waals surface area contributed by atoms with Crippen molar-refractivity contribution in [2.45, 2.75) is 25.4 Å². The fourth-order valence-electron chi connectivity index (χ4n) is 2.35. The number of halogens is 1. The van der Waals surface area contributed by atoms with Crippen LogP contribution in [0.2, 0.25) is 5.02 Å². The molecule has 1 aromatic rings. The topological polar surface area (TPSA) is 84.7 Å². The third-order valence-corrected chi connectivity index (χ3v) is 3.90. The van der Waals surface area contributed by atoms with Crippen molar-refractivity contribution in [3.05, 3.63) is 28.8 Å². The van der Waals surface area contributed by atoms with Gasteiger partial charge in [0.1, 0.15) is 0 Å². The Morgan fingerprint density at radius 1 is 1.45 bits per heavy atom. The number of urea groups is 1. The van der Waals surface area contributed by atoms with E-state index < -0.39 is 5.91 Å². The zero-order valence-electron chi connectivity index (χ0n) is 12.5. The molecule has 7 heteroatoms. The number of likely N-dealkylation sites (N-methyl/N-ethyl adjacent to an activating group) is 1. The van der Waals surface area contributed by atoms with Crippen molar-refractivity contribution in [3.63, 3.8) is 0 Å². The van der Waals surface area contributed by atoms with Gasteiger partial charge in [0.15, 0.2) is 0 Å². The molecule has 1 atom stereocenters. The van der Waals surface area contributed by atoms with Crippen molar-refractivity contribution in [3.8, 4) is 0 Å². The van der Waals surface area contributed by atoms with Crippen LogP contribution in [-0.4, -0.2) is 43.1 Å². The van der Waals surface area contributed by atoms with E-state index in [9.17, 15) is 9.59 Å². The Morgan fingerprint density at radius 2 is 2.23 bits per heavy atom. The summed E-state index contributed by atoms with van der Waals surface area (Å²) in [6, 6.07) is 4.33. The van der Waals surface area contributed by atoms with Gasteiger partial charge in [0, 0.05) is 25.9 Å².